The molecule has 0 saturated heterocycles. The Morgan fingerprint density at radius 1 is 1.31 bits per heavy atom. The molecule has 4 aromatic rings. The molecule has 0 aliphatic heterocycles. The van der Waals surface area contributed by atoms with Crippen molar-refractivity contribution in [1.29, 1.82) is 0 Å². The molecule has 0 aliphatic carbocycles. The molecule has 1 aromatic carbocycles. The third kappa shape index (κ3) is 3.06. The molecule has 0 radical (unpaired) electrons. The number of rotatable bonds is 4. The minimum atomic E-state index is -1.06. The number of hydroxylamine groups is 1. The largest absolute Gasteiger partial charge is 0.481 e. The molecule has 3 aromatic heterocycles. The van der Waals surface area contributed by atoms with E-state index in [2.05, 4.69) is 15.0 Å². The van der Waals surface area contributed by atoms with E-state index in [-0.39, 0.29) is 0 Å². The van der Waals surface area contributed by atoms with Crippen LogP contribution in [-0.2, 0) is 6.54 Å². The summed E-state index contributed by atoms with van der Waals surface area (Å²) in [6.45, 7) is -0.442. The summed E-state index contributed by atoms with van der Waals surface area (Å²) in [5.74, 6) is -2.81. The quantitative estimate of drug-likeness (QED) is 0.354. The highest BCUT2D eigenvalue weighted by molar-refractivity contribution is 6.00. The average Bonchev–Trinajstić information content (AvgIpc) is 3.04. The maximum atomic E-state index is 14.5. The van der Waals surface area contributed by atoms with Crippen LogP contribution >= 0.6 is 0 Å². The highest BCUT2D eigenvalue weighted by Crippen LogP contribution is 2.24. The molecule has 0 saturated carbocycles. The minimum absolute atomic E-state index is 0.292. The van der Waals surface area contributed by atoms with Crippen LogP contribution in [0.5, 0.6) is 5.88 Å². The molecule has 4 rings (SSSR count). The van der Waals surface area contributed by atoms with Gasteiger partial charge in [-0.1, -0.05) is 0 Å². The molecule has 3 heterocycles. The van der Waals surface area contributed by atoms with Crippen molar-refractivity contribution in [2.45, 2.75) is 6.54 Å². The molecule has 0 aliphatic rings. The monoisotopic (exact) mass is 401 g/mol. The number of H-pyrrole nitrogens is 1. The van der Waals surface area contributed by atoms with E-state index in [1.54, 1.807) is 12.1 Å². The topological polar surface area (TPSA) is 122 Å². The molecule has 1 amide bonds. The molecule has 0 spiro atoms. The van der Waals surface area contributed by atoms with E-state index < -0.39 is 40.9 Å². The highest BCUT2D eigenvalue weighted by Gasteiger charge is 2.19. The van der Waals surface area contributed by atoms with Gasteiger partial charge in [0.1, 0.15) is 11.6 Å². The van der Waals surface area contributed by atoms with Crippen LogP contribution in [0.4, 0.5) is 8.78 Å². The van der Waals surface area contributed by atoms with Gasteiger partial charge in [-0.2, -0.15) is 4.98 Å². The number of methoxy groups -OCH3 is 1. The number of aromatic nitrogens is 4. The first-order chi connectivity index (χ1) is 13.9. The van der Waals surface area contributed by atoms with Crippen LogP contribution in [-0.4, -0.2) is 37.7 Å². The van der Waals surface area contributed by atoms with Crippen molar-refractivity contribution in [2.24, 2.45) is 0 Å². The maximum absolute atomic E-state index is 14.5. The minimum Gasteiger partial charge on any atom is -0.481 e. The van der Waals surface area contributed by atoms with E-state index in [9.17, 15) is 18.4 Å². The first-order valence-corrected chi connectivity index (χ1v) is 8.27. The van der Waals surface area contributed by atoms with Crippen molar-refractivity contribution < 1.29 is 23.5 Å². The zero-order valence-electron chi connectivity index (χ0n) is 14.9. The van der Waals surface area contributed by atoms with E-state index in [1.807, 2.05) is 0 Å². The number of nitrogens with one attached hydrogen (secondary N) is 2. The molecular formula is C18H13F2N5O4. The number of carbonyl (C=O) groups is 1. The summed E-state index contributed by atoms with van der Waals surface area (Å²) in [6, 6.07) is 4.77. The molecule has 0 atom stereocenters. The summed E-state index contributed by atoms with van der Waals surface area (Å²) in [5, 5.41) is 9.11. The number of carbonyl (C=O) groups excluding carboxylic acids is 1. The van der Waals surface area contributed by atoms with Crippen LogP contribution in [0.1, 0.15) is 15.9 Å². The molecule has 0 fully saturated rings. The van der Waals surface area contributed by atoms with Gasteiger partial charge in [-0.25, -0.2) is 24.0 Å². The Labute approximate surface area is 160 Å². The van der Waals surface area contributed by atoms with Gasteiger partial charge in [0, 0.05) is 22.6 Å². The van der Waals surface area contributed by atoms with E-state index >= 15 is 0 Å². The Balaban J connectivity index is 1.89. The van der Waals surface area contributed by atoms with Gasteiger partial charge in [0.2, 0.25) is 5.88 Å². The number of pyridine rings is 2. The Hall–Kier alpha value is -3.86. The summed E-state index contributed by atoms with van der Waals surface area (Å²) in [5.41, 5.74) is 0.915. The molecule has 0 bridgehead atoms. The van der Waals surface area contributed by atoms with Gasteiger partial charge in [-0.3, -0.25) is 14.6 Å². The number of nitrogens with zero attached hydrogens (tertiary/aromatic N) is 3. The first kappa shape index (κ1) is 18.5. The maximum Gasteiger partial charge on any atom is 0.326 e. The molecule has 29 heavy (non-hydrogen) atoms. The van der Waals surface area contributed by atoms with Crippen LogP contribution in [0.25, 0.3) is 22.1 Å². The number of hydrogen-bond donors (Lipinski definition) is 3. The van der Waals surface area contributed by atoms with Crippen LogP contribution in [0, 0.1) is 11.6 Å². The summed E-state index contributed by atoms with van der Waals surface area (Å²) in [4.78, 5) is 34.8. The third-order valence-electron chi connectivity index (χ3n) is 4.46. The normalized spacial score (nSPS) is 11.2. The van der Waals surface area contributed by atoms with Crippen molar-refractivity contribution in [3.05, 3.63) is 63.7 Å². The fourth-order valence-corrected chi connectivity index (χ4v) is 3.09. The van der Waals surface area contributed by atoms with Gasteiger partial charge in [-0.05, 0) is 18.2 Å². The number of aromatic amines is 1. The number of hydrogen-bond acceptors (Lipinski definition) is 6. The molecular weight excluding hydrogens is 388 g/mol. The van der Waals surface area contributed by atoms with E-state index in [4.69, 9.17) is 9.94 Å². The predicted octanol–water partition coefficient (Wildman–Crippen LogP) is 1.73. The van der Waals surface area contributed by atoms with Gasteiger partial charge >= 0.3 is 5.69 Å². The lowest BCUT2D eigenvalue weighted by Gasteiger charge is -2.10. The Kier molecular flexibility index (Phi) is 4.43. The number of imidazole rings is 1. The SMILES string of the molecule is COc1ccc2c(ncc3[nH]c(=O)n(Cc4c(F)cc(C(=O)NO)cc4F)c32)n1. The number of ether oxygens (including phenoxy) is 1. The molecule has 11 heteroatoms. The standard InChI is InChI=1S/C18H13F2N5O4/c1-29-14-3-2-9-15-13(6-21-16(9)23-14)22-18(27)25(15)7-10-11(19)4-8(5-12(10)20)17(26)24-28/h2-6,28H,7H2,1H3,(H,22,27)(H,24,26). The lowest BCUT2D eigenvalue weighted by atomic mass is 10.1. The fourth-order valence-electron chi connectivity index (χ4n) is 3.09. The first-order valence-electron chi connectivity index (χ1n) is 8.27. The second-order valence-electron chi connectivity index (χ2n) is 6.12. The second kappa shape index (κ2) is 6.95. The van der Waals surface area contributed by atoms with Crippen molar-refractivity contribution >= 4 is 28.0 Å². The van der Waals surface area contributed by atoms with Crippen LogP contribution in [0.2, 0.25) is 0 Å². The Morgan fingerprint density at radius 2 is 2.03 bits per heavy atom. The van der Waals surface area contributed by atoms with Gasteiger partial charge in [0.25, 0.3) is 5.91 Å². The van der Waals surface area contributed by atoms with E-state index in [0.717, 1.165) is 16.7 Å². The summed E-state index contributed by atoms with van der Waals surface area (Å²) in [6.07, 6.45) is 1.39. The van der Waals surface area contributed by atoms with Crippen molar-refractivity contribution in [2.75, 3.05) is 7.11 Å². The Morgan fingerprint density at radius 3 is 2.69 bits per heavy atom. The number of fused-ring (bicyclic) bond motifs is 3. The van der Waals surface area contributed by atoms with Gasteiger partial charge in [-0.15, -0.1) is 0 Å². The summed E-state index contributed by atoms with van der Waals surface area (Å²) in [7, 11) is 1.45. The van der Waals surface area contributed by atoms with Crippen molar-refractivity contribution in [3.8, 4) is 5.88 Å². The van der Waals surface area contributed by atoms with Crippen molar-refractivity contribution in [1.82, 2.24) is 25.0 Å². The lowest BCUT2D eigenvalue weighted by molar-refractivity contribution is 0.0705. The van der Waals surface area contributed by atoms with E-state index in [1.165, 1.54) is 18.8 Å². The average molecular weight is 401 g/mol. The van der Waals surface area contributed by atoms with Gasteiger partial charge in [0.05, 0.1) is 30.9 Å². The third-order valence-corrected chi connectivity index (χ3v) is 4.46. The van der Waals surface area contributed by atoms with Crippen LogP contribution in [0.3, 0.4) is 0 Å². The zero-order chi connectivity index (χ0) is 20.7. The molecule has 9 nitrogen and oxygen atoms in total. The van der Waals surface area contributed by atoms with Gasteiger partial charge < -0.3 is 9.72 Å². The molecule has 148 valence electrons. The Bertz CT molecular complexity index is 1310. The predicted molar refractivity (Wildman–Crippen MR) is 96.9 cm³/mol. The number of amides is 1. The molecule has 0 unspecified atom stereocenters. The number of halogens is 2. The lowest BCUT2D eigenvalue weighted by Crippen LogP contribution is -2.21. The zero-order valence-corrected chi connectivity index (χ0v) is 14.9. The number of benzene rings is 1. The van der Waals surface area contributed by atoms with Gasteiger partial charge in [0.15, 0.2) is 5.65 Å². The summed E-state index contributed by atoms with van der Waals surface area (Å²) < 4.78 is 35.2. The van der Waals surface area contributed by atoms with Crippen LogP contribution in [0.15, 0.2) is 35.3 Å². The smallest absolute Gasteiger partial charge is 0.326 e. The van der Waals surface area contributed by atoms with Crippen LogP contribution < -0.4 is 15.9 Å². The fraction of sp³-hybridized carbons (Fsp3) is 0.111. The molecule has 3 N–H and O–H groups in total. The van der Waals surface area contributed by atoms with E-state index in [0.29, 0.717) is 27.9 Å². The van der Waals surface area contributed by atoms with Crippen molar-refractivity contribution in [3.63, 3.8) is 0 Å². The second-order valence-corrected chi connectivity index (χ2v) is 6.12. The summed E-state index contributed by atoms with van der Waals surface area (Å²) >= 11 is 0. The highest BCUT2D eigenvalue weighted by atomic mass is 19.1.